The summed E-state index contributed by atoms with van der Waals surface area (Å²) in [5.74, 6) is 1.68. The molecule has 1 saturated heterocycles. The van der Waals surface area contributed by atoms with Crippen LogP contribution in [0.25, 0.3) is 5.78 Å². The fourth-order valence-corrected chi connectivity index (χ4v) is 4.87. The van der Waals surface area contributed by atoms with Gasteiger partial charge >= 0.3 is 0 Å². The van der Waals surface area contributed by atoms with Gasteiger partial charge in [-0.3, -0.25) is 9.59 Å². The van der Waals surface area contributed by atoms with Gasteiger partial charge in [0.15, 0.2) is 5.82 Å². The number of para-hydroxylation sites is 1. The van der Waals surface area contributed by atoms with Crippen LogP contribution in [-0.4, -0.2) is 55.5 Å². The summed E-state index contributed by atoms with van der Waals surface area (Å²) in [5, 5.41) is 7.64. The molecule has 2 amide bonds. The van der Waals surface area contributed by atoms with E-state index < -0.39 is 5.60 Å². The Kier molecular flexibility index (Phi) is 5.26. The van der Waals surface area contributed by atoms with Gasteiger partial charge in [-0.2, -0.15) is 4.98 Å². The van der Waals surface area contributed by atoms with Crippen LogP contribution in [0.1, 0.15) is 54.5 Å². The molecule has 1 N–H and O–H groups in total. The molecule has 9 heteroatoms. The van der Waals surface area contributed by atoms with Crippen molar-refractivity contribution in [3.63, 3.8) is 0 Å². The Balaban J connectivity index is 1.37. The number of nitrogens with one attached hydrogen (secondary N) is 1. The highest BCUT2D eigenvalue weighted by Gasteiger charge is 2.43. The van der Waals surface area contributed by atoms with Crippen LogP contribution in [0, 0.1) is 13.8 Å². The first-order chi connectivity index (χ1) is 15.8. The van der Waals surface area contributed by atoms with Crippen LogP contribution in [-0.2, 0) is 16.0 Å². The van der Waals surface area contributed by atoms with Gasteiger partial charge in [0.2, 0.25) is 11.8 Å². The number of aryl methyl sites for hydroxylation is 2. The highest BCUT2D eigenvalue weighted by Crippen LogP contribution is 2.44. The third-order valence-corrected chi connectivity index (χ3v) is 6.64. The maximum absolute atomic E-state index is 13.0. The van der Waals surface area contributed by atoms with Gasteiger partial charge in [0.05, 0.1) is 12.5 Å². The van der Waals surface area contributed by atoms with E-state index in [-0.39, 0.29) is 24.3 Å². The molecule has 3 aromatic rings. The highest BCUT2D eigenvalue weighted by molar-refractivity contribution is 5.78. The van der Waals surface area contributed by atoms with Crippen LogP contribution in [0.2, 0.25) is 0 Å². The predicted octanol–water partition coefficient (Wildman–Crippen LogP) is 2.30. The average Bonchev–Trinajstić information content (AvgIpc) is 3.12. The fourth-order valence-electron chi connectivity index (χ4n) is 4.87. The first-order valence-electron chi connectivity index (χ1n) is 11.3. The van der Waals surface area contributed by atoms with Crippen molar-refractivity contribution < 1.29 is 14.3 Å². The lowest BCUT2D eigenvalue weighted by Gasteiger charge is -2.42. The highest BCUT2D eigenvalue weighted by atomic mass is 16.5. The Bertz CT molecular complexity index is 1240. The van der Waals surface area contributed by atoms with E-state index in [1.807, 2.05) is 51.2 Å². The first-order valence-corrected chi connectivity index (χ1v) is 11.3. The molecular weight excluding hydrogens is 420 g/mol. The number of ether oxygens (including phenoxy) is 1. The second-order valence-corrected chi connectivity index (χ2v) is 9.17. The minimum Gasteiger partial charge on any atom is -0.487 e. The van der Waals surface area contributed by atoms with Gasteiger partial charge in [-0.1, -0.05) is 18.2 Å². The molecule has 0 saturated carbocycles. The van der Waals surface area contributed by atoms with E-state index in [2.05, 4.69) is 20.4 Å². The molecule has 5 rings (SSSR count). The SMILES string of the molecule is Cc1cc(C)n2nc(CC(=O)NC3CC4(CCC(=O)N(C)CC4)Oc4ccccc43)nc2n1. The Morgan fingerprint density at radius 1 is 1.24 bits per heavy atom. The fraction of sp³-hybridized carbons (Fsp3) is 0.458. The van der Waals surface area contributed by atoms with Crippen molar-refractivity contribution >= 4 is 17.6 Å². The third-order valence-electron chi connectivity index (χ3n) is 6.64. The molecular formula is C24H28N6O3. The van der Waals surface area contributed by atoms with E-state index in [1.54, 1.807) is 9.42 Å². The van der Waals surface area contributed by atoms with Gasteiger partial charge in [0, 0.05) is 49.8 Å². The monoisotopic (exact) mass is 448 g/mol. The normalized spacial score (nSPS) is 22.7. The summed E-state index contributed by atoms with van der Waals surface area (Å²) in [6, 6.07) is 9.53. The summed E-state index contributed by atoms with van der Waals surface area (Å²) < 4.78 is 8.13. The standard InChI is InChI=1S/C24H28N6O3/c1-15-12-16(2)30-23(25-15)27-20(28-30)13-21(31)26-18-14-24(9-8-22(32)29(3)11-10-24)33-19-7-5-4-6-17(18)19/h4-7,12,18H,8-11,13-14H2,1-3H3,(H,26,31). The minimum atomic E-state index is -0.480. The van der Waals surface area contributed by atoms with E-state index in [4.69, 9.17) is 4.74 Å². The topological polar surface area (TPSA) is 102 Å². The van der Waals surface area contributed by atoms with Crippen LogP contribution >= 0.6 is 0 Å². The number of aromatic nitrogens is 4. The predicted molar refractivity (Wildman–Crippen MR) is 121 cm³/mol. The smallest absolute Gasteiger partial charge is 0.252 e. The van der Waals surface area contributed by atoms with Crippen molar-refractivity contribution in [3.8, 4) is 5.75 Å². The van der Waals surface area contributed by atoms with E-state index >= 15 is 0 Å². The maximum Gasteiger partial charge on any atom is 0.252 e. The number of likely N-dealkylation sites (tertiary alicyclic amines) is 1. The quantitative estimate of drug-likeness (QED) is 0.660. The zero-order valence-corrected chi connectivity index (χ0v) is 19.2. The summed E-state index contributed by atoms with van der Waals surface area (Å²) in [6.07, 6.45) is 2.49. The number of benzene rings is 1. The number of carbonyl (C=O) groups is 2. The summed E-state index contributed by atoms with van der Waals surface area (Å²) in [7, 11) is 1.83. The van der Waals surface area contributed by atoms with Crippen LogP contribution in [0.5, 0.6) is 5.75 Å². The van der Waals surface area contributed by atoms with Crippen LogP contribution < -0.4 is 10.1 Å². The second-order valence-electron chi connectivity index (χ2n) is 9.17. The van der Waals surface area contributed by atoms with Crippen molar-refractivity contribution in [2.45, 2.75) is 57.6 Å². The molecule has 2 atom stereocenters. The minimum absolute atomic E-state index is 0.0651. The zero-order valence-electron chi connectivity index (χ0n) is 19.2. The molecule has 2 unspecified atom stereocenters. The summed E-state index contributed by atoms with van der Waals surface area (Å²) in [6.45, 7) is 4.48. The lowest BCUT2D eigenvalue weighted by atomic mass is 9.82. The van der Waals surface area contributed by atoms with Crippen LogP contribution in [0.4, 0.5) is 0 Å². The van der Waals surface area contributed by atoms with Gasteiger partial charge in [0.25, 0.3) is 5.78 Å². The molecule has 0 radical (unpaired) electrons. The molecule has 1 aromatic carbocycles. The second kappa shape index (κ2) is 8.13. The molecule has 0 bridgehead atoms. The average molecular weight is 449 g/mol. The van der Waals surface area contributed by atoms with Crippen LogP contribution in [0.3, 0.4) is 0 Å². The Morgan fingerprint density at radius 3 is 2.91 bits per heavy atom. The third kappa shape index (κ3) is 4.15. The van der Waals surface area contributed by atoms with Crippen molar-refractivity contribution in [3.05, 3.63) is 53.1 Å². The molecule has 4 heterocycles. The number of carbonyl (C=O) groups excluding carboxylic acids is 2. The Labute approximate surface area is 192 Å². The molecule has 2 aromatic heterocycles. The van der Waals surface area contributed by atoms with Crippen molar-refractivity contribution in [1.29, 1.82) is 0 Å². The molecule has 1 spiro atoms. The van der Waals surface area contributed by atoms with Gasteiger partial charge in [-0.25, -0.2) is 9.50 Å². The van der Waals surface area contributed by atoms with Gasteiger partial charge in [0.1, 0.15) is 11.4 Å². The number of nitrogens with zero attached hydrogens (tertiary/aromatic N) is 5. The van der Waals surface area contributed by atoms with E-state index in [0.717, 1.165) is 29.1 Å². The Hall–Kier alpha value is -3.49. The molecule has 1 fully saturated rings. The largest absolute Gasteiger partial charge is 0.487 e. The van der Waals surface area contributed by atoms with E-state index in [0.29, 0.717) is 37.4 Å². The van der Waals surface area contributed by atoms with Crippen LogP contribution in [0.15, 0.2) is 30.3 Å². The molecule has 0 aliphatic carbocycles. The summed E-state index contributed by atoms with van der Waals surface area (Å²) >= 11 is 0. The Morgan fingerprint density at radius 2 is 2.06 bits per heavy atom. The number of amides is 2. The number of hydrogen-bond acceptors (Lipinski definition) is 6. The molecule has 2 aliphatic rings. The molecule has 2 aliphatic heterocycles. The lowest BCUT2D eigenvalue weighted by molar-refractivity contribution is -0.129. The zero-order chi connectivity index (χ0) is 23.2. The van der Waals surface area contributed by atoms with Gasteiger partial charge in [-0.15, -0.1) is 5.10 Å². The summed E-state index contributed by atoms with van der Waals surface area (Å²) in [4.78, 5) is 35.9. The number of hydrogen-bond donors (Lipinski definition) is 1. The first kappa shape index (κ1) is 21.4. The number of rotatable bonds is 3. The maximum atomic E-state index is 13.0. The van der Waals surface area contributed by atoms with E-state index in [9.17, 15) is 9.59 Å². The van der Waals surface area contributed by atoms with Crippen molar-refractivity contribution in [2.75, 3.05) is 13.6 Å². The molecule has 172 valence electrons. The van der Waals surface area contributed by atoms with Gasteiger partial charge in [-0.05, 0) is 32.4 Å². The van der Waals surface area contributed by atoms with Gasteiger partial charge < -0.3 is 15.0 Å². The van der Waals surface area contributed by atoms with E-state index in [1.165, 1.54) is 0 Å². The molecule has 33 heavy (non-hydrogen) atoms. The van der Waals surface area contributed by atoms with Crippen molar-refractivity contribution in [2.24, 2.45) is 0 Å². The lowest BCUT2D eigenvalue weighted by Crippen LogP contribution is -2.46. The number of fused-ring (bicyclic) bond motifs is 2. The molecule has 9 nitrogen and oxygen atoms in total. The van der Waals surface area contributed by atoms with Crippen molar-refractivity contribution in [1.82, 2.24) is 29.8 Å². The summed E-state index contributed by atoms with van der Waals surface area (Å²) in [5.41, 5.74) is 2.26.